The Balaban J connectivity index is 1.22. The molecule has 3 aromatic rings. The highest BCUT2D eigenvalue weighted by Gasteiger charge is 2.50. The number of nitrogens with zero attached hydrogens (tertiary/aromatic N) is 5. The van der Waals surface area contributed by atoms with Crippen LogP contribution in [0.5, 0.6) is 0 Å². The van der Waals surface area contributed by atoms with Gasteiger partial charge in [0.15, 0.2) is 5.78 Å². The van der Waals surface area contributed by atoms with E-state index >= 15 is 0 Å². The molecule has 1 spiro atoms. The van der Waals surface area contributed by atoms with Crippen LogP contribution in [-0.2, 0) is 23.2 Å². The molecule has 1 atom stereocenters. The molecule has 2 fully saturated rings. The maximum absolute atomic E-state index is 13.6. The van der Waals surface area contributed by atoms with E-state index in [1.165, 1.54) is 12.4 Å². The first-order valence-corrected chi connectivity index (χ1v) is 14.5. The number of rotatable bonds is 3. The average molecular weight is 553 g/mol. The third-order valence-corrected chi connectivity index (χ3v) is 10.9. The first-order valence-electron chi connectivity index (χ1n) is 12.2. The van der Waals surface area contributed by atoms with Crippen molar-refractivity contribution in [2.75, 3.05) is 29.9 Å². The van der Waals surface area contributed by atoms with Crippen molar-refractivity contribution in [3.8, 4) is 6.07 Å². The summed E-state index contributed by atoms with van der Waals surface area (Å²) < 4.78 is 1.60. The standard InChI is InChI=1S/C25H21ClN6O3S2/c26-15-4-16(24(35)32-20(15)17(33)5-25(32)9-36-10-25)30-21-19-14-2-1-13(23(34)31-7-12(6-27)8-31)3-18(14)37-22(19)29-11-28-21/h4,11-13H,1-3,5,7-10H2,(H,28,29,30)/t13-/m0/s1. The second-order valence-electron chi connectivity index (χ2n) is 10.3. The molecule has 1 N–H and O–H groups in total. The number of halogens is 1. The van der Waals surface area contributed by atoms with Gasteiger partial charge in [-0.25, -0.2) is 9.97 Å². The molecule has 0 radical (unpaired) electrons. The van der Waals surface area contributed by atoms with Crippen LogP contribution in [0.3, 0.4) is 0 Å². The highest BCUT2D eigenvalue weighted by atomic mass is 35.5. The summed E-state index contributed by atoms with van der Waals surface area (Å²) in [6, 6.07) is 3.75. The van der Waals surface area contributed by atoms with E-state index in [2.05, 4.69) is 21.4 Å². The number of hydrogen-bond acceptors (Lipinski definition) is 9. The quantitative estimate of drug-likeness (QED) is 0.525. The topological polar surface area (TPSA) is 121 Å². The van der Waals surface area contributed by atoms with Crippen molar-refractivity contribution in [2.24, 2.45) is 11.8 Å². The number of aromatic nitrogens is 3. The molecule has 0 bridgehead atoms. The van der Waals surface area contributed by atoms with Crippen LogP contribution in [0.15, 0.2) is 17.2 Å². The number of anilines is 2. The Morgan fingerprint density at radius 2 is 2.08 bits per heavy atom. The molecule has 0 unspecified atom stereocenters. The molecule has 1 amide bonds. The molecule has 0 saturated carbocycles. The van der Waals surface area contributed by atoms with Crippen LogP contribution in [-0.4, -0.2) is 55.7 Å². The van der Waals surface area contributed by atoms with Crippen LogP contribution < -0.4 is 10.9 Å². The molecule has 3 aromatic heterocycles. The number of nitriles is 1. The minimum atomic E-state index is -0.483. The number of pyridine rings is 1. The predicted molar refractivity (Wildman–Crippen MR) is 142 cm³/mol. The van der Waals surface area contributed by atoms with Gasteiger partial charge in [-0.2, -0.15) is 17.0 Å². The Labute approximate surface area is 224 Å². The second-order valence-corrected chi connectivity index (χ2v) is 12.7. The Kier molecular flexibility index (Phi) is 5.19. The van der Waals surface area contributed by atoms with Crippen molar-refractivity contribution in [3.63, 3.8) is 0 Å². The number of ketones is 1. The van der Waals surface area contributed by atoms with Gasteiger partial charge in [-0.15, -0.1) is 11.3 Å². The predicted octanol–water partition coefficient (Wildman–Crippen LogP) is 3.37. The van der Waals surface area contributed by atoms with E-state index < -0.39 is 5.54 Å². The molecule has 3 aliphatic heterocycles. The fourth-order valence-electron chi connectivity index (χ4n) is 5.96. The van der Waals surface area contributed by atoms with Crippen LogP contribution in [0.2, 0.25) is 5.02 Å². The third-order valence-electron chi connectivity index (χ3n) is 7.95. The molecule has 4 aliphatic rings. The SMILES string of the molecule is N#CC1CN(C(=O)[C@H]2CCc3c(sc4ncnc(Nc5cc(Cl)c6n(c5=O)C5(CSC5)CC6=O)c34)C2)C1. The summed E-state index contributed by atoms with van der Waals surface area (Å²) in [6.07, 6.45) is 3.84. The minimum Gasteiger partial charge on any atom is -0.340 e. The number of fused-ring (bicyclic) bond motifs is 5. The zero-order valence-corrected chi connectivity index (χ0v) is 22.0. The molecule has 1 aliphatic carbocycles. The lowest BCUT2D eigenvalue weighted by atomic mass is 9.85. The molecule has 2 saturated heterocycles. The van der Waals surface area contributed by atoms with Gasteiger partial charge in [-0.1, -0.05) is 11.6 Å². The van der Waals surface area contributed by atoms with E-state index in [4.69, 9.17) is 16.9 Å². The molecular formula is C25H21ClN6O3S2. The summed E-state index contributed by atoms with van der Waals surface area (Å²) in [5, 5.41) is 13.4. The largest absolute Gasteiger partial charge is 0.340 e. The van der Waals surface area contributed by atoms with Gasteiger partial charge in [0.2, 0.25) is 5.91 Å². The lowest BCUT2D eigenvalue weighted by molar-refractivity contribution is -0.141. The number of aryl methyl sites for hydroxylation is 1. The van der Waals surface area contributed by atoms with Crippen molar-refractivity contribution in [1.82, 2.24) is 19.4 Å². The van der Waals surface area contributed by atoms with Gasteiger partial charge in [0.1, 0.15) is 28.4 Å². The number of carbonyl (C=O) groups is 2. The summed E-state index contributed by atoms with van der Waals surface area (Å²) in [5.41, 5.74) is 0.950. The number of Topliss-reactive ketones (excluding diaryl/α,β-unsaturated/α-hetero) is 1. The number of carbonyl (C=O) groups excluding carboxylic acids is 2. The van der Waals surface area contributed by atoms with E-state index in [1.807, 2.05) is 0 Å². The van der Waals surface area contributed by atoms with Crippen LogP contribution in [0, 0.1) is 23.2 Å². The zero-order valence-electron chi connectivity index (χ0n) is 19.6. The molecule has 12 heteroatoms. The highest BCUT2D eigenvalue weighted by Crippen LogP contribution is 2.46. The number of likely N-dealkylation sites (tertiary alicyclic amines) is 1. The van der Waals surface area contributed by atoms with Crippen molar-refractivity contribution >= 4 is 68.1 Å². The normalized spacial score (nSPS) is 21.8. The molecular weight excluding hydrogens is 532 g/mol. The van der Waals surface area contributed by atoms with E-state index in [0.717, 1.165) is 38.6 Å². The van der Waals surface area contributed by atoms with E-state index in [-0.39, 0.29) is 39.8 Å². The molecule has 37 heavy (non-hydrogen) atoms. The maximum Gasteiger partial charge on any atom is 0.275 e. The molecule has 188 valence electrons. The second kappa shape index (κ2) is 8.28. The number of thiophene rings is 1. The van der Waals surface area contributed by atoms with Crippen molar-refractivity contribution < 1.29 is 9.59 Å². The third kappa shape index (κ3) is 3.39. The molecule has 6 heterocycles. The van der Waals surface area contributed by atoms with Crippen LogP contribution >= 0.6 is 34.7 Å². The van der Waals surface area contributed by atoms with Gasteiger partial charge in [-0.05, 0) is 30.9 Å². The number of hydrogen-bond donors (Lipinski definition) is 1. The number of nitrogens with one attached hydrogen (secondary N) is 1. The van der Waals surface area contributed by atoms with Crippen molar-refractivity contribution in [3.05, 3.63) is 43.9 Å². The van der Waals surface area contributed by atoms with Crippen LogP contribution in [0.25, 0.3) is 10.2 Å². The summed E-state index contributed by atoms with van der Waals surface area (Å²) in [5.74, 6) is 1.85. The monoisotopic (exact) mass is 552 g/mol. The molecule has 9 nitrogen and oxygen atoms in total. The van der Waals surface area contributed by atoms with E-state index in [0.29, 0.717) is 43.9 Å². The average Bonchev–Trinajstić information content (AvgIpc) is 3.37. The van der Waals surface area contributed by atoms with Crippen LogP contribution in [0.1, 0.15) is 33.8 Å². The first kappa shape index (κ1) is 23.2. The summed E-state index contributed by atoms with van der Waals surface area (Å²) in [7, 11) is 0. The Bertz CT molecular complexity index is 1620. The van der Waals surface area contributed by atoms with E-state index in [9.17, 15) is 14.4 Å². The lowest BCUT2D eigenvalue weighted by Crippen LogP contribution is -2.52. The zero-order chi connectivity index (χ0) is 25.5. The summed E-state index contributed by atoms with van der Waals surface area (Å²) in [4.78, 5) is 51.8. The number of thioether (sulfide) groups is 1. The number of amides is 1. The lowest BCUT2D eigenvalue weighted by Gasteiger charge is -2.38. The van der Waals surface area contributed by atoms with Gasteiger partial charge < -0.3 is 10.2 Å². The Morgan fingerprint density at radius 1 is 1.27 bits per heavy atom. The Morgan fingerprint density at radius 3 is 2.81 bits per heavy atom. The Hall–Kier alpha value is -2.94. The minimum absolute atomic E-state index is 0.0517. The van der Waals surface area contributed by atoms with Gasteiger partial charge in [0.25, 0.3) is 5.56 Å². The first-order chi connectivity index (χ1) is 17.9. The highest BCUT2D eigenvalue weighted by molar-refractivity contribution is 8.00. The van der Waals surface area contributed by atoms with Crippen molar-refractivity contribution in [2.45, 2.75) is 31.2 Å². The maximum atomic E-state index is 13.6. The van der Waals surface area contributed by atoms with Gasteiger partial charge in [-0.3, -0.25) is 19.0 Å². The molecule has 0 aromatic carbocycles. The fraction of sp³-hybridized carbons (Fsp3) is 0.440. The molecule has 7 rings (SSSR count). The summed E-state index contributed by atoms with van der Waals surface area (Å²) >= 11 is 9.80. The fourth-order valence-corrected chi connectivity index (χ4v) is 8.66. The van der Waals surface area contributed by atoms with Gasteiger partial charge >= 0.3 is 0 Å². The summed E-state index contributed by atoms with van der Waals surface area (Å²) in [6.45, 7) is 1.05. The smallest absolute Gasteiger partial charge is 0.275 e. The van der Waals surface area contributed by atoms with Crippen molar-refractivity contribution in [1.29, 1.82) is 5.26 Å². The van der Waals surface area contributed by atoms with Gasteiger partial charge in [0.05, 0.1) is 27.9 Å². The van der Waals surface area contributed by atoms with Crippen LogP contribution in [0.4, 0.5) is 11.5 Å². The van der Waals surface area contributed by atoms with E-state index in [1.54, 1.807) is 32.6 Å². The van der Waals surface area contributed by atoms with Gasteiger partial charge in [0, 0.05) is 41.8 Å².